The van der Waals surface area contributed by atoms with Gasteiger partial charge in [-0.3, -0.25) is 4.57 Å². The second kappa shape index (κ2) is 4.97. The van der Waals surface area contributed by atoms with Crippen LogP contribution in [0.2, 0.25) is 0 Å². The van der Waals surface area contributed by atoms with Crippen LogP contribution in [0, 0.1) is 0 Å². The molecule has 0 spiro atoms. The van der Waals surface area contributed by atoms with Gasteiger partial charge in [0, 0.05) is 21.6 Å². The molecule has 1 heterocycles. The lowest BCUT2D eigenvalue weighted by molar-refractivity contribution is 0.660. The van der Waals surface area contributed by atoms with Crippen molar-refractivity contribution in [1.29, 1.82) is 0 Å². The van der Waals surface area contributed by atoms with Gasteiger partial charge in [0.15, 0.2) is 5.16 Å². The fourth-order valence-electron chi connectivity index (χ4n) is 1.36. The number of nitrogens with one attached hydrogen (secondary N) is 1. The van der Waals surface area contributed by atoms with Gasteiger partial charge in [0.25, 0.3) is 0 Å². The first kappa shape index (κ1) is 12.3. The smallest absolute Gasteiger partial charge is 0.343 e. The third kappa shape index (κ3) is 2.55. The number of hydrogen-bond acceptors (Lipinski definition) is 4. The summed E-state index contributed by atoms with van der Waals surface area (Å²) in [6, 6.07) is 5.53. The maximum atomic E-state index is 11.4. The number of H-pyrrole nitrogens is 1. The van der Waals surface area contributed by atoms with Gasteiger partial charge in [0.2, 0.25) is 0 Å². The molecular weight excluding hydrogens is 304 g/mol. The number of nitrogen functional groups attached to an aromatic ring is 1. The zero-order valence-electron chi connectivity index (χ0n) is 9.11. The third-order valence-electron chi connectivity index (χ3n) is 2.20. The van der Waals surface area contributed by atoms with Gasteiger partial charge in [-0.25, -0.2) is 9.89 Å². The van der Waals surface area contributed by atoms with E-state index in [2.05, 4.69) is 26.1 Å². The average molecular weight is 315 g/mol. The van der Waals surface area contributed by atoms with Gasteiger partial charge in [-0.1, -0.05) is 0 Å². The highest BCUT2D eigenvalue weighted by molar-refractivity contribution is 9.10. The third-order valence-corrected chi connectivity index (χ3v) is 4.19. The minimum Gasteiger partial charge on any atom is -0.399 e. The second-order valence-electron chi connectivity index (χ2n) is 3.35. The second-order valence-corrected chi connectivity index (χ2v) is 5.21. The Bertz CT molecular complexity index is 592. The van der Waals surface area contributed by atoms with Crippen LogP contribution in [0.4, 0.5) is 5.69 Å². The Balaban J connectivity index is 2.34. The van der Waals surface area contributed by atoms with Gasteiger partial charge in [-0.15, -0.1) is 5.10 Å². The quantitative estimate of drug-likeness (QED) is 0.850. The highest BCUT2D eigenvalue weighted by Gasteiger charge is 2.10. The molecule has 0 radical (unpaired) electrons. The summed E-state index contributed by atoms with van der Waals surface area (Å²) in [6.45, 7) is 2.49. The summed E-state index contributed by atoms with van der Waals surface area (Å²) in [7, 11) is 0. The van der Waals surface area contributed by atoms with Crippen LogP contribution in [0.1, 0.15) is 6.92 Å². The molecule has 1 aromatic heterocycles. The lowest BCUT2D eigenvalue weighted by Gasteiger charge is -2.05. The Morgan fingerprint density at radius 2 is 2.35 bits per heavy atom. The van der Waals surface area contributed by atoms with Gasteiger partial charge in [-0.05, 0) is 52.8 Å². The van der Waals surface area contributed by atoms with Crippen molar-refractivity contribution >= 4 is 33.4 Å². The van der Waals surface area contributed by atoms with E-state index in [0.717, 1.165) is 9.37 Å². The molecule has 2 aromatic rings. The monoisotopic (exact) mass is 314 g/mol. The molecule has 0 atom stereocenters. The number of aromatic amines is 1. The minimum atomic E-state index is -0.193. The SMILES string of the molecule is CCn1c(Sc2ccc(N)cc2Br)n[nH]c1=O. The number of halogens is 1. The molecule has 5 nitrogen and oxygen atoms in total. The summed E-state index contributed by atoms with van der Waals surface area (Å²) < 4.78 is 2.47. The van der Waals surface area contributed by atoms with Gasteiger partial charge in [-0.2, -0.15) is 0 Å². The molecular formula is C10H11BrN4OS. The molecule has 3 N–H and O–H groups in total. The van der Waals surface area contributed by atoms with Gasteiger partial charge < -0.3 is 5.73 Å². The van der Waals surface area contributed by atoms with Crippen LogP contribution in [0.25, 0.3) is 0 Å². The van der Waals surface area contributed by atoms with Crippen LogP contribution in [0.5, 0.6) is 0 Å². The Morgan fingerprint density at radius 3 is 3.00 bits per heavy atom. The first-order chi connectivity index (χ1) is 8.11. The first-order valence-corrected chi connectivity index (χ1v) is 6.61. The van der Waals surface area contributed by atoms with E-state index in [1.165, 1.54) is 11.8 Å². The minimum absolute atomic E-state index is 0.193. The molecule has 0 amide bonds. The lowest BCUT2D eigenvalue weighted by atomic mass is 10.3. The maximum absolute atomic E-state index is 11.4. The highest BCUT2D eigenvalue weighted by atomic mass is 79.9. The van der Waals surface area contributed by atoms with Crippen molar-refractivity contribution in [2.45, 2.75) is 23.5 Å². The van der Waals surface area contributed by atoms with E-state index in [4.69, 9.17) is 5.73 Å². The topological polar surface area (TPSA) is 76.7 Å². The molecule has 0 unspecified atom stereocenters. The van der Waals surface area contributed by atoms with E-state index < -0.39 is 0 Å². The van der Waals surface area contributed by atoms with Crippen molar-refractivity contribution in [3.05, 3.63) is 33.2 Å². The molecule has 2 rings (SSSR count). The Kier molecular flexibility index (Phi) is 3.58. The van der Waals surface area contributed by atoms with Crippen LogP contribution in [0.15, 0.2) is 37.5 Å². The number of hydrogen-bond donors (Lipinski definition) is 2. The molecule has 17 heavy (non-hydrogen) atoms. The number of rotatable bonds is 3. The van der Waals surface area contributed by atoms with Crippen LogP contribution < -0.4 is 11.4 Å². The molecule has 0 fully saturated rings. The van der Waals surface area contributed by atoms with Crippen molar-refractivity contribution in [3.8, 4) is 0 Å². The highest BCUT2D eigenvalue weighted by Crippen LogP contribution is 2.32. The van der Waals surface area contributed by atoms with Gasteiger partial charge >= 0.3 is 5.69 Å². The summed E-state index contributed by atoms with van der Waals surface area (Å²) in [5, 5.41) is 7.06. The van der Waals surface area contributed by atoms with E-state index in [1.807, 2.05) is 25.1 Å². The molecule has 0 saturated heterocycles. The van der Waals surface area contributed by atoms with Crippen LogP contribution >= 0.6 is 27.7 Å². The zero-order chi connectivity index (χ0) is 12.4. The van der Waals surface area contributed by atoms with E-state index in [-0.39, 0.29) is 5.69 Å². The summed E-state index contributed by atoms with van der Waals surface area (Å²) >= 11 is 4.84. The molecule has 1 aromatic carbocycles. The van der Waals surface area contributed by atoms with Crippen molar-refractivity contribution in [1.82, 2.24) is 14.8 Å². The summed E-state index contributed by atoms with van der Waals surface area (Å²) in [5.74, 6) is 0. The molecule has 90 valence electrons. The first-order valence-electron chi connectivity index (χ1n) is 5.00. The van der Waals surface area contributed by atoms with E-state index in [1.54, 1.807) is 4.57 Å². The van der Waals surface area contributed by atoms with E-state index >= 15 is 0 Å². The van der Waals surface area contributed by atoms with Crippen molar-refractivity contribution in [3.63, 3.8) is 0 Å². The number of benzene rings is 1. The van der Waals surface area contributed by atoms with Crippen LogP contribution in [0.3, 0.4) is 0 Å². The molecule has 0 aliphatic rings. The number of aromatic nitrogens is 3. The van der Waals surface area contributed by atoms with Gasteiger partial charge in [0.05, 0.1) is 0 Å². The number of anilines is 1. The lowest BCUT2D eigenvalue weighted by Crippen LogP contribution is -2.15. The number of nitrogens with two attached hydrogens (primary N) is 1. The molecule has 0 aliphatic heterocycles. The fourth-order valence-corrected chi connectivity index (χ4v) is 2.90. The molecule has 0 bridgehead atoms. The Morgan fingerprint density at radius 1 is 1.59 bits per heavy atom. The summed E-state index contributed by atoms with van der Waals surface area (Å²) in [5.41, 5.74) is 6.16. The molecule has 0 aliphatic carbocycles. The van der Waals surface area contributed by atoms with Crippen LogP contribution in [-0.2, 0) is 6.54 Å². The fraction of sp³-hybridized carbons (Fsp3) is 0.200. The predicted molar refractivity (Wildman–Crippen MR) is 71.2 cm³/mol. The molecule has 7 heteroatoms. The average Bonchev–Trinajstić information content (AvgIpc) is 2.63. The number of nitrogens with zero attached hydrogens (tertiary/aromatic N) is 2. The standard InChI is InChI=1S/C10H11BrN4OS/c1-2-15-9(16)13-14-10(15)17-8-4-3-6(12)5-7(8)11/h3-5H,2,12H2,1H3,(H,13,16). The predicted octanol–water partition coefficient (Wildman–Crippen LogP) is 2.09. The van der Waals surface area contributed by atoms with Crippen molar-refractivity contribution in [2.75, 3.05) is 5.73 Å². The Hall–Kier alpha value is -1.21. The van der Waals surface area contributed by atoms with Gasteiger partial charge in [0.1, 0.15) is 0 Å². The summed E-state index contributed by atoms with van der Waals surface area (Å²) in [4.78, 5) is 12.4. The summed E-state index contributed by atoms with van der Waals surface area (Å²) in [6.07, 6.45) is 0. The Labute approximate surface area is 111 Å². The molecule has 0 saturated carbocycles. The largest absolute Gasteiger partial charge is 0.399 e. The zero-order valence-corrected chi connectivity index (χ0v) is 11.5. The van der Waals surface area contributed by atoms with Crippen molar-refractivity contribution < 1.29 is 0 Å². The van der Waals surface area contributed by atoms with E-state index in [0.29, 0.717) is 17.4 Å². The maximum Gasteiger partial charge on any atom is 0.343 e. The van der Waals surface area contributed by atoms with Crippen LogP contribution in [-0.4, -0.2) is 14.8 Å². The normalized spacial score (nSPS) is 10.7. The van der Waals surface area contributed by atoms with E-state index in [9.17, 15) is 4.79 Å². The van der Waals surface area contributed by atoms with Crippen molar-refractivity contribution in [2.24, 2.45) is 0 Å².